The van der Waals surface area contributed by atoms with E-state index in [-0.39, 0.29) is 42.1 Å². The molecule has 182 valence electrons. The topological polar surface area (TPSA) is 67.8 Å². The van der Waals surface area contributed by atoms with E-state index in [9.17, 15) is 9.90 Å². The number of carboxylic acid groups (broad SMARTS) is 1. The van der Waals surface area contributed by atoms with Gasteiger partial charge in [-0.2, -0.15) is 0 Å². The van der Waals surface area contributed by atoms with Gasteiger partial charge in [-0.15, -0.1) is 0 Å². The van der Waals surface area contributed by atoms with E-state index in [0.29, 0.717) is 19.6 Å². The Morgan fingerprint density at radius 3 is 2.12 bits per heavy atom. The minimum absolute atomic E-state index is 0. The molecule has 6 heteroatoms. The van der Waals surface area contributed by atoms with Crippen LogP contribution in [0.3, 0.4) is 0 Å². The molecule has 0 aliphatic carbocycles. The van der Waals surface area contributed by atoms with Gasteiger partial charge in [0, 0.05) is 19.0 Å². The molecule has 1 rings (SSSR count). The van der Waals surface area contributed by atoms with Crippen LogP contribution in [-0.4, -0.2) is 37.7 Å². The zero-order valence-electron chi connectivity index (χ0n) is 21.2. The second-order valence-electron chi connectivity index (χ2n) is 9.07. The van der Waals surface area contributed by atoms with Crippen molar-refractivity contribution in [3.8, 4) is 0 Å². The molecule has 1 fully saturated rings. The van der Waals surface area contributed by atoms with Crippen LogP contribution in [0.5, 0.6) is 0 Å². The summed E-state index contributed by atoms with van der Waals surface area (Å²) in [7, 11) is 0. The van der Waals surface area contributed by atoms with Gasteiger partial charge in [0.05, 0.1) is 13.2 Å². The van der Waals surface area contributed by atoms with Crippen molar-refractivity contribution in [1.29, 1.82) is 0 Å². The molecule has 0 amide bonds. The minimum Gasteiger partial charge on any atom is -0.550 e. The fourth-order valence-corrected chi connectivity index (χ4v) is 3.90. The van der Waals surface area contributed by atoms with Crippen LogP contribution in [-0.2, 0) is 19.0 Å². The molecule has 2 unspecified atom stereocenters. The minimum atomic E-state index is -1.08. The number of allylic oxidation sites excluding steroid dienone is 2. The Bertz CT molecular complexity index is 471. The van der Waals surface area contributed by atoms with E-state index in [4.69, 9.17) is 14.2 Å². The van der Waals surface area contributed by atoms with Crippen LogP contribution in [0, 0.1) is 0 Å². The molecule has 1 saturated heterocycles. The van der Waals surface area contributed by atoms with E-state index in [2.05, 4.69) is 19.1 Å². The van der Waals surface area contributed by atoms with Gasteiger partial charge in [0.25, 0.3) is 0 Å². The largest absolute Gasteiger partial charge is 1.00 e. The third-order valence-electron chi connectivity index (χ3n) is 5.88. The summed E-state index contributed by atoms with van der Waals surface area (Å²) >= 11 is 0. The van der Waals surface area contributed by atoms with Crippen molar-refractivity contribution < 1.29 is 53.7 Å². The maximum Gasteiger partial charge on any atom is 1.00 e. The first kappa shape index (κ1) is 32.1. The van der Waals surface area contributed by atoms with Crippen molar-refractivity contribution in [2.24, 2.45) is 0 Å². The quantitative estimate of drug-likeness (QED) is 0.149. The molecule has 0 aromatic heterocycles. The van der Waals surface area contributed by atoms with Crippen LogP contribution in [0.15, 0.2) is 12.2 Å². The van der Waals surface area contributed by atoms with Crippen LogP contribution in [0.2, 0.25) is 0 Å². The third-order valence-corrected chi connectivity index (χ3v) is 5.88. The third kappa shape index (κ3) is 18.5. The average molecular weight is 463 g/mol. The number of ether oxygens (including phenoxy) is 3. The van der Waals surface area contributed by atoms with E-state index in [1.807, 2.05) is 0 Å². The number of carbonyl (C=O) groups is 1. The van der Waals surface area contributed by atoms with E-state index in [1.54, 1.807) is 6.92 Å². The number of hydrogen-bond acceptors (Lipinski definition) is 5. The van der Waals surface area contributed by atoms with Crippen LogP contribution in [0.4, 0.5) is 0 Å². The Balaban J connectivity index is 0.00000961. The van der Waals surface area contributed by atoms with Gasteiger partial charge >= 0.3 is 29.6 Å². The number of unbranched alkanes of at least 4 members (excludes halogenated alkanes) is 12. The van der Waals surface area contributed by atoms with Gasteiger partial charge in [-0.05, 0) is 45.4 Å². The van der Waals surface area contributed by atoms with Crippen LogP contribution < -0.4 is 34.7 Å². The first-order valence-corrected chi connectivity index (χ1v) is 12.8. The van der Waals surface area contributed by atoms with Crippen molar-refractivity contribution in [3.05, 3.63) is 12.2 Å². The van der Waals surface area contributed by atoms with Crippen molar-refractivity contribution in [2.45, 2.75) is 128 Å². The van der Waals surface area contributed by atoms with E-state index < -0.39 is 11.8 Å². The van der Waals surface area contributed by atoms with Crippen LogP contribution in [0.25, 0.3) is 0 Å². The van der Waals surface area contributed by atoms with E-state index in [0.717, 1.165) is 13.0 Å². The van der Waals surface area contributed by atoms with Gasteiger partial charge in [0.2, 0.25) is 0 Å². The van der Waals surface area contributed by atoms with Crippen molar-refractivity contribution >= 4 is 5.97 Å². The van der Waals surface area contributed by atoms with Gasteiger partial charge in [0.15, 0.2) is 5.79 Å². The number of aliphatic carboxylic acids is 1. The maximum atomic E-state index is 10.6. The monoisotopic (exact) mass is 462 g/mol. The molecule has 0 aromatic carbocycles. The SMILES string of the molecule is CCCCCCCC/C=C/CCCCCCCCOCC1COC(C)(CCC(=O)[O-])O1.[Na+]. The number of hydrogen-bond donors (Lipinski definition) is 0. The molecule has 2 atom stereocenters. The summed E-state index contributed by atoms with van der Waals surface area (Å²) in [6, 6.07) is 0. The molecule has 5 nitrogen and oxygen atoms in total. The van der Waals surface area contributed by atoms with Gasteiger partial charge in [-0.3, -0.25) is 0 Å². The van der Waals surface area contributed by atoms with Crippen molar-refractivity contribution in [2.75, 3.05) is 19.8 Å². The summed E-state index contributed by atoms with van der Waals surface area (Å²) in [5.74, 6) is -1.90. The summed E-state index contributed by atoms with van der Waals surface area (Å²) in [5, 5.41) is 10.6. The number of rotatable bonds is 21. The molecule has 1 aliphatic heterocycles. The summed E-state index contributed by atoms with van der Waals surface area (Å²) in [5.41, 5.74) is 0. The normalized spacial score (nSPS) is 20.6. The molecular weight excluding hydrogens is 415 g/mol. The molecule has 0 aromatic rings. The van der Waals surface area contributed by atoms with Crippen molar-refractivity contribution in [3.63, 3.8) is 0 Å². The van der Waals surface area contributed by atoms with Gasteiger partial charge in [0.1, 0.15) is 6.10 Å². The molecular formula is C26H47NaO5. The smallest absolute Gasteiger partial charge is 0.550 e. The fourth-order valence-electron chi connectivity index (χ4n) is 3.90. The zero-order chi connectivity index (χ0) is 22.6. The van der Waals surface area contributed by atoms with Crippen LogP contribution >= 0.6 is 0 Å². The van der Waals surface area contributed by atoms with E-state index in [1.165, 1.54) is 83.5 Å². The molecule has 0 bridgehead atoms. The fraction of sp³-hybridized carbons (Fsp3) is 0.885. The Labute approximate surface area is 219 Å². The number of carbonyl (C=O) groups excluding carboxylic acids is 1. The molecule has 1 heterocycles. The number of carboxylic acids is 1. The second-order valence-corrected chi connectivity index (χ2v) is 9.07. The second kappa shape index (κ2) is 21.6. The summed E-state index contributed by atoms with van der Waals surface area (Å²) in [6.45, 7) is 5.76. The summed E-state index contributed by atoms with van der Waals surface area (Å²) in [6.07, 6.45) is 23.1. The Kier molecular flexibility index (Phi) is 21.7. The van der Waals surface area contributed by atoms with Gasteiger partial charge < -0.3 is 24.1 Å². The Morgan fingerprint density at radius 1 is 0.969 bits per heavy atom. The molecule has 0 N–H and O–H groups in total. The zero-order valence-corrected chi connectivity index (χ0v) is 23.2. The molecule has 1 aliphatic rings. The average Bonchev–Trinajstić information content (AvgIpc) is 3.13. The molecule has 0 spiro atoms. The summed E-state index contributed by atoms with van der Waals surface area (Å²) < 4.78 is 17.1. The van der Waals surface area contributed by atoms with Gasteiger partial charge in [-0.25, -0.2) is 0 Å². The molecule has 0 saturated carbocycles. The maximum absolute atomic E-state index is 10.6. The Morgan fingerprint density at radius 2 is 1.53 bits per heavy atom. The summed E-state index contributed by atoms with van der Waals surface area (Å²) in [4.78, 5) is 10.6. The predicted octanol–water partition coefficient (Wildman–Crippen LogP) is 2.71. The predicted molar refractivity (Wildman–Crippen MR) is 124 cm³/mol. The standard InChI is InChI=1S/C26H48O5.Na/c1-3-4-5-6-7-8-9-10-11-12-13-14-15-16-17-18-21-29-22-24-23-30-26(2,31-24)20-19-25(27)28;/h10-11,24H,3-9,12-23H2,1-2H3,(H,27,28);/q;+1/p-1/b11-10+;. The molecule has 32 heavy (non-hydrogen) atoms. The van der Waals surface area contributed by atoms with Crippen LogP contribution in [0.1, 0.15) is 117 Å². The first-order chi connectivity index (χ1) is 15.1. The first-order valence-electron chi connectivity index (χ1n) is 12.8. The van der Waals surface area contributed by atoms with Gasteiger partial charge in [-0.1, -0.05) is 76.9 Å². The van der Waals surface area contributed by atoms with E-state index >= 15 is 0 Å². The molecule has 0 radical (unpaired) electrons. The van der Waals surface area contributed by atoms with Crippen molar-refractivity contribution in [1.82, 2.24) is 0 Å². The Hall–Kier alpha value is 0.0900.